The molecule has 3 aromatic rings. The molecule has 8 heteroatoms. The molecule has 0 amide bonds. The monoisotopic (exact) mass is 272 g/mol. The van der Waals surface area contributed by atoms with Crippen molar-refractivity contribution in [2.24, 2.45) is 0 Å². The number of nitro groups is 1. The highest BCUT2D eigenvalue weighted by Crippen LogP contribution is 2.21. The van der Waals surface area contributed by atoms with Gasteiger partial charge in [0.1, 0.15) is 18.4 Å². The molecule has 2 aromatic heterocycles. The number of nitrogens with zero attached hydrogens (tertiary/aromatic N) is 4. The zero-order valence-electron chi connectivity index (χ0n) is 10.1. The van der Waals surface area contributed by atoms with Crippen LogP contribution in [0.1, 0.15) is 10.4 Å². The highest BCUT2D eigenvalue weighted by Gasteiger charge is 2.18. The molecule has 2 heterocycles. The van der Waals surface area contributed by atoms with Gasteiger partial charge in [0, 0.05) is 10.5 Å². The maximum atomic E-state index is 12.1. The summed E-state index contributed by atoms with van der Waals surface area (Å²) >= 11 is 0. The molecule has 1 aromatic carbocycles. The van der Waals surface area contributed by atoms with Crippen LogP contribution in [0.15, 0.2) is 41.3 Å². The molecule has 8 nitrogen and oxygen atoms in total. The van der Waals surface area contributed by atoms with Crippen LogP contribution in [0.4, 0.5) is 5.95 Å². The number of hydrogen-bond acceptors (Lipinski definition) is 6. The number of fused-ring (bicyclic) bond motifs is 1. The second-order valence-electron chi connectivity index (χ2n) is 4.07. The predicted molar refractivity (Wildman–Crippen MR) is 67.2 cm³/mol. The number of carbonyl (C=O) groups excluding carboxylic acids is 1. The molecule has 0 aliphatic heterocycles. The fraction of sp³-hybridized carbons (Fsp3) is 0.0833. The second-order valence-corrected chi connectivity index (χ2v) is 4.07. The van der Waals surface area contributed by atoms with Crippen molar-refractivity contribution < 1.29 is 14.1 Å². The second kappa shape index (κ2) is 4.57. The minimum atomic E-state index is -0.714. The standard InChI is InChI=1S/C12H8N4O4/c17-10(5-15-7-13-12(14-15)16(18)19)9-6-20-11-4-2-1-3-8(9)11/h1-4,6-7H,5H2. The summed E-state index contributed by atoms with van der Waals surface area (Å²) in [6.07, 6.45) is 2.52. The molecular formula is C12H8N4O4. The third-order valence-electron chi connectivity index (χ3n) is 2.77. The molecule has 20 heavy (non-hydrogen) atoms. The first-order valence-electron chi connectivity index (χ1n) is 5.68. The van der Waals surface area contributed by atoms with E-state index in [1.807, 2.05) is 0 Å². The Morgan fingerprint density at radius 2 is 2.20 bits per heavy atom. The van der Waals surface area contributed by atoms with Crippen LogP contribution >= 0.6 is 0 Å². The van der Waals surface area contributed by atoms with Gasteiger partial charge in [-0.3, -0.25) is 4.79 Å². The van der Waals surface area contributed by atoms with E-state index in [9.17, 15) is 14.9 Å². The molecule has 100 valence electrons. The van der Waals surface area contributed by atoms with Gasteiger partial charge >= 0.3 is 5.95 Å². The summed E-state index contributed by atoms with van der Waals surface area (Å²) in [6, 6.07) is 7.14. The van der Waals surface area contributed by atoms with E-state index in [2.05, 4.69) is 10.1 Å². The van der Waals surface area contributed by atoms with Crippen molar-refractivity contribution in [3.63, 3.8) is 0 Å². The maximum absolute atomic E-state index is 12.1. The Balaban J connectivity index is 1.87. The Labute approximate surface area is 111 Å². The first kappa shape index (κ1) is 12.0. The van der Waals surface area contributed by atoms with E-state index in [0.717, 1.165) is 11.0 Å². The maximum Gasteiger partial charge on any atom is 0.490 e. The van der Waals surface area contributed by atoms with Crippen LogP contribution in [-0.4, -0.2) is 25.5 Å². The fourth-order valence-electron chi connectivity index (χ4n) is 1.87. The summed E-state index contributed by atoms with van der Waals surface area (Å²) in [4.78, 5) is 25.4. The zero-order chi connectivity index (χ0) is 14.1. The lowest BCUT2D eigenvalue weighted by Crippen LogP contribution is -2.10. The number of carbonyl (C=O) groups is 1. The molecule has 3 rings (SSSR count). The topological polar surface area (TPSA) is 104 Å². The van der Waals surface area contributed by atoms with Crippen molar-refractivity contribution in [1.29, 1.82) is 0 Å². The minimum absolute atomic E-state index is 0.135. The van der Waals surface area contributed by atoms with Crippen molar-refractivity contribution in [3.8, 4) is 0 Å². The number of Topliss-reactive ketones (excluding diaryl/α,β-unsaturated/α-hetero) is 1. The van der Waals surface area contributed by atoms with E-state index in [1.54, 1.807) is 24.3 Å². The van der Waals surface area contributed by atoms with Crippen molar-refractivity contribution in [1.82, 2.24) is 14.8 Å². The van der Waals surface area contributed by atoms with Gasteiger partial charge < -0.3 is 14.5 Å². The first-order chi connectivity index (χ1) is 9.65. The Morgan fingerprint density at radius 1 is 1.40 bits per heavy atom. The first-order valence-corrected chi connectivity index (χ1v) is 5.68. The van der Waals surface area contributed by atoms with Crippen molar-refractivity contribution >= 4 is 22.7 Å². The normalized spacial score (nSPS) is 10.8. The highest BCUT2D eigenvalue weighted by atomic mass is 16.6. The lowest BCUT2D eigenvalue weighted by Gasteiger charge is -1.95. The Hall–Kier alpha value is -3.03. The molecule has 0 bridgehead atoms. The quantitative estimate of drug-likeness (QED) is 0.407. The number of para-hydroxylation sites is 1. The van der Waals surface area contributed by atoms with Crippen LogP contribution in [0.2, 0.25) is 0 Å². The van der Waals surface area contributed by atoms with E-state index in [-0.39, 0.29) is 12.3 Å². The number of hydrogen-bond donors (Lipinski definition) is 0. The summed E-state index contributed by atoms with van der Waals surface area (Å²) in [6.45, 7) is -0.135. The number of benzene rings is 1. The van der Waals surface area contributed by atoms with Gasteiger partial charge in [0.15, 0.2) is 5.78 Å². The summed E-state index contributed by atoms with van der Waals surface area (Å²) in [5, 5.41) is 14.8. The third-order valence-corrected chi connectivity index (χ3v) is 2.77. The zero-order valence-corrected chi connectivity index (χ0v) is 10.1. The van der Waals surface area contributed by atoms with Crippen LogP contribution in [0.3, 0.4) is 0 Å². The van der Waals surface area contributed by atoms with E-state index >= 15 is 0 Å². The molecule has 0 fully saturated rings. The number of ketones is 1. The molecule has 0 atom stereocenters. The third kappa shape index (κ3) is 2.03. The van der Waals surface area contributed by atoms with Crippen molar-refractivity contribution in [3.05, 3.63) is 52.5 Å². The number of aromatic nitrogens is 3. The molecule has 0 aliphatic rings. The SMILES string of the molecule is O=C(Cn1cnc([N+](=O)[O-])n1)c1coc2ccccc12. The summed E-state index contributed by atoms with van der Waals surface area (Å²) in [5.74, 6) is -0.787. The smallest absolute Gasteiger partial charge is 0.464 e. The van der Waals surface area contributed by atoms with Gasteiger partial charge in [-0.05, 0) is 11.0 Å². The van der Waals surface area contributed by atoms with E-state index < -0.39 is 10.9 Å². The van der Waals surface area contributed by atoms with Crippen LogP contribution in [-0.2, 0) is 6.54 Å². The van der Waals surface area contributed by atoms with Gasteiger partial charge in [-0.2, -0.15) is 4.68 Å². The Kier molecular flexibility index (Phi) is 2.75. The lowest BCUT2D eigenvalue weighted by atomic mass is 10.1. The number of furan rings is 1. The van der Waals surface area contributed by atoms with Gasteiger partial charge in [0.2, 0.25) is 6.33 Å². The van der Waals surface area contributed by atoms with Gasteiger partial charge in [-0.25, -0.2) is 0 Å². The Bertz CT molecular complexity index is 805. The lowest BCUT2D eigenvalue weighted by molar-refractivity contribution is -0.394. The van der Waals surface area contributed by atoms with Gasteiger partial charge in [0.05, 0.1) is 5.56 Å². The highest BCUT2D eigenvalue weighted by molar-refractivity contribution is 6.06. The predicted octanol–water partition coefficient (Wildman–Crippen LogP) is 1.82. The fourth-order valence-corrected chi connectivity index (χ4v) is 1.87. The summed E-state index contributed by atoms with van der Waals surface area (Å²) in [7, 11) is 0. The molecule has 0 unspecified atom stereocenters. The van der Waals surface area contributed by atoms with Crippen molar-refractivity contribution in [2.45, 2.75) is 6.54 Å². The van der Waals surface area contributed by atoms with Gasteiger partial charge in [-0.1, -0.05) is 23.2 Å². The minimum Gasteiger partial charge on any atom is -0.464 e. The molecule has 0 N–H and O–H groups in total. The van der Waals surface area contributed by atoms with Crippen LogP contribution in [0.25, 0.3) is 11.0 Å². The average Bonchev–Trinajstić information content (AvgIpc) is 3.04. The van der Waals surface area contributed by atoms with Crippen molar-refractivity contribution in [2.75, 3.05) is 0 Å². The van der Waals surface area contributed by atoms with E-state index in [0.29, 0.717) is 16.5 Å². The molecule has 0 saturated carbocycles. The average molecular weight is 272 g/mol. The Morgan fingerprint density at radius 3 is 2.95 bits per heavy atom. The van der Waals surface area contributed by atoms with E-state index in [4.69, 9.17) is 4.42 Å². The van der Waals surface area contributed by atoms with Crippen LogP contribution < -0.4 is 0 Å². The molecule has 0 radical (unpaired) electrons. The molecular weight excluding hydrogens is 264 g/mol. The molecule has 0 spiro atoms. The molecule has 0 aliphatic carbocycles. The number of rotatable bonds is 4. The van der Waals surface area contributed by atoms with E-state index in [1.165, 1.54) is 6.26 Å². The summed E-state index contributed by atoms with van der Waals surface area (Å²) < 4.78 is 6.40. The summed E-state index contributed by atoms with van der Waals surface area (Å²) in [5.41, 5.74) is 1.03. The largest absolute Gasteiger partial charge is 0.490 e. The van der Waals surface area contributed by atoms with Crippen LogP contribution in [0, 0.1) is 10.1 Å². The van der Waals surface area contributed by atoms with Crippen LogP contribution in [0.5, 0.6) is 0 Å². The van der Waals surface area contributed by atoms with Gasteiger partial charge in [0.25, 0.3) is 0 Å². The molecule has 0 saturated heterocycles. The van der Waals surface area contributed by atoms with Gasteiger partial charge in [-0.15, -0.1) is 0 Å².